The lowest BCUT2D eigenvalue weighted by Crippen LogP contribution is -2.32. The molecule has 0 saturated carbocycles. The van der Waals surface area contributed by atoms with Crippen molar-refractivity contribution in [3.8, 4) is 11.5 Å². The average Bonchev–Trinajstić information content (AvgIpc) is 3.29. The maximum Gasteiger partial charge on any atom is 0.265 e. The molecule has 0 radical (unpaired) electrons. The van der Waals surface area contributed by atoms with Crippen LogP contribution < -0.4 is 14.2 Å². The number of amides is 1. The van der Waals surface area contributed by atoms with E-state index < -0.39 is 16.1 Å². The second kappa shape index (κ2) is 10.8. The van der Waals surface area contributed by atoms with Crippen LogP contribution in [0.4, 0.5) is 5.69 Å². The molecule has 1 N–H and O–H groups in total. The van der Waals surface area contributed by atoms with Crippen LogP contribution in [0.5, 0.6) is 11.5 Å². The number of nitrogens with zero attached hydrogens (tertiary/aromatic N) is 1. The number of hydrogen-bond acceptors (Lipinski definition) is 6. The molecule has 1 heterocycles. The summed E-state index contributed by atoms with van der Waals surface area (Å²) in [4.78, 5) is 15.0. The molecule has 37 heavy (non-hydrogen) atoms. The number of carbonyl (C=O) groups is 1. The number of anilines is 1. The first-order chi connectivity index (χ1) is 17.6. The van der Waals surface area contributed by atoms with Crippen LogP contribution in [0.25, 0.3) is 0 Å². The summed E-state index contributed by atoms with van der Waals surface area (Å²) < 4.78 is 45.9. The van der Waals surface area contributed by atoms with Crippen molar-refractivity contribution < 1.29 is 27.4 Å². The van der Waals surface area contributed by atoms with E-state index in [9.17, 15) is 13.2 Å². The van der Waals surface area contributed by atoms with Gasteiger partial charge in [-0.05, 0) is 56.2 Å². The van der Waals surface area contributed by atoms with Crippen molar-refractivity contribution in [2.45, 2.75) is 37.9 Å². The topological polar surface area (TPSA) is 94.2 Å². The Morgan fingerprint density at radius 3 is 2.35 bits per heavy atom. The van der Waals surface area contributed by atoms with Crippen LogP contribution in [-0.4, -0.2) is 58.7 Å². The van der Waals surface area contributed by atoms with Crippen LogP contribution in [0.3, 0.4) is 0 Å². The smallest absolute Gasteiger partial charge is 0.265 e. The summed E-state index contributed by atoms with van der Waals surface area (Å²) in [5.74, 6) is 0.655. The summed E-state index contributed by atoms with van der Waals surface area (Å²) in [6.07, 6.45) is -0.746. The Morgan fingerprint density at radius 2 is 1.62 bits per heavy atom. The Morgan fingerprint density at radius 1 is 0.919 bits per heavy atom. The third-order valence-corrected chi connectivity index (χ3v) is 7.93. The zero-order valence-corrected chi connectivity index (χ0v) is 22.5. The summed E-state index contributed by atoms with van der Waals surface area (Å²) in [5, 5.41) is 0. The molecule has 2 unspecified atom stereocenters. The Hall–Kier alpha value is -3.56. The van der Waals surface area contributed by atoms with Crippen molar-refractivity contribution in [2.75, 3.05) is 32.0 Å². The molecule has 2 atom stereocenters. The van der Waals surface area contributed by atoms with E-state index in [-0.39, 0.29) is 22.7 Å². The number of ether oxygens (including phenoxy) is 3. The van der Waals surface area contributed by atoms with Gasteiger partial charge in [0, 0.05) is 18.7 Å². The maximum atomic E-state index is 13.2. The molecular formula is C28H32N2O6S. The van der Waals surface area contributed by atoms with Gasteiger partial charge in [0.25, 0.3) is 15.9 Å². The lowest BCUT2D eigenvalue weighted by molar-refractivity contribution is 0.0340. The quantitative estimate of drug-likeness (QED) is 0.471. The number of rotatable bonds is 8. The molecule has 1 amide bonds. The van der Waals surface area contributed by atoms with E-state index in [0.29, 0.717) is 30.1 Å². The highest BCUT2D eigenvalue weighted by molar-refractivity contribution is 7.92. The number of benzene rings is 3. The first-order valence-electron chi connectivity index (χ1n) is 12.0. The van der Waals surface area contributed by atoms with Gasteiger partial charge in [0.15, 0.2) is 0 Å². The fourth-order valence-corrected chi connectivity index (χ4v) is 5.68. The highest BCUT2D eigenvalue weighted by Gasteiger charge is 2.38. The zero-order chi connectivity index (χ0) is 26.7. The van der Waals surface area contributed by atoms with E-state index in [0.717, 1.165) is 16.7 Å². The van der Waals surface area contributed by atoms with Crippen LogP contribution in [0.2, 0.25) is 0 Å². The van der Waals surface area contributed by atoms with Gasteiger partial charge in [-0.1, -0.05) is 35.9 Å². The molecule has 3 aromatic carbocycles. The normalized spacial score (nSPS) is 17.5. The van der Waals surface area contributed by atoms with Gasteiger partial charge < -0.3 is 19.1 Å². The molecule has 1 fully saturated rings. The van der Waals surface area contributed by atoms with E-state index in [1.54, 1.807) is 48.4 Å². The predicted molar refractivity (Wildman–Crippen MR) is 142 cm³/mol. The number of methoxy groups -OCH3 is 2. The molecular weight excluding hydrogens is 492 g/mol. The summed E-state index contributed by atoms with van der Waals surface area (Å²) in [6, 6.07) is 17.5. The summed E-state index contributed by atoms with van der Waals surface area (Å²) >= 11 is 0. The van der Waals surface area contributed by atoms with Crippen molar-refractivity contribution in [1.82, 2.24) is 4.90 Å². The van der Waals surface area contributed by atoms with Crippen LogP contribution in [-0.2, 0) is 14.8 Å². The average molecular weight is 525 g/mol. The number of hydrogen-bond donors (Lipinski definition) is 1. The van der Waals surface area contributed by atoms with Crippen molar-refractivity contribution in [3.63, 3.8) is 0 Å². The van der Waals surface area contributed by atoms with E-state index in [1.807, 2.05) is 39.0 Å². The van der Waals surface area contributed by atoms with Gasteiger partial charge in [-0.2, -0.15) is 0 Å². The van der Waals surface area contributed by atoms with E-state index in [2.05, 4.69) is 4.72 Å². The van der Waals surface area contributed by atoms with E-state index in [4.69, 9.17) is 14.2 Å². The molecule has 196 valence electrons. The third kappa shape index (κ3) is 5.73. The molecule has 1 saturated heterocycles. The number of aryl methyl sites for hydroxylation is 3. The lowest BCUT2D eigenvalue weighted by atomic mass is 10.0. The minimum absolute atomic E-state index is 0.0408. The van der Waals surface area contributed by atoms with Gasteiger partial charge in [-0.3, -0.25) is 9.52 Å². The standard InChI is InChI=1S/C28H32N2O6S/c1-18-10-11-19(2)22(14-18)28(31)30-16-25(35-5)26(17-30)36-21-13-12-20(3)23(15-21)29-37(32,33)27-9-7-6-8-24(27)34-4/h6-15,25-26,29H,16-17H2,1-5H3. The van der Waals surface area contributed by atoms with Crippen LogP contribution in [0, 0.1) is 20.8 Å². The number of nitrogens with one attached hydrogen (secondary N) is 1. The van der Waals surface area contributed by atoms with Gasteiger partial charge in [-0.15, -0.1) is 0 Å². The fourth-order valence-electron chi connectivity index (χ4n) is 4.39. The molecule has 0 aliphatic carbocycles. The minimum Gasteiger partial charge on any atom is -0.495 e. The molecule has 1 aliphatic heterocycles. The van der Waals surface area contributed by atoms with Gasteiger partial charge in [-0.25, -0.2) is 8.42 Å². The van der Waals surface area contributed by atoms with Crippen molar-refractivity contribution in [3.05, 3.63) is 82.9 Å². The minimum atomic E-state index is -3.90. The molecule has 0 spiro atoms. The molecule has 3 aromatic rings. The van der Waals surface area contributed by atoms with Crippen LogP contribution >= 0.6 is 0 Å². The van der Waals surface area contributed by atoms with E-state index >= 15 is 0 Å². The Bertz CT molecular complexity index is 1410. The molecule has 1 aliphatic rings. The summed E-state index contributed by atoms with van der Waals surface area (Å²) in [7, 11) is -0.886. The van der Waals surface area contributed by atoms with Gasteiger partial charge >= 0.3 is 0 Å². The SMILES string of the molecule is COc1ccccc1S(=O)(=O)Nc1cc(OC2CN(C(=O)c3cc(C)ccc3C)CC2OC)ccc1C. The molecule has 9 heteroatoms. The number of carbonyl (C=O) groups excluding carboxylic acids is 1. The Kier molecular flexibility index (Phi) is 7.75. The van der Waals surface area contributed by atoms with Gasteiger partial charge in [0.05, 0.1) is 25.9 Å². The molecule has 0 bridgehead atoms. The Labute approximate surface area is 218 Å². The predicted octanol–water partition coefficient (Wildman–Crippen LogP) is 4.34. The second-order valence-corrected chi connectivity index (χ2v) is 10.8. The monoisotopic (exact) mass is 524 g/mol. The number of sulfonamides is 1. The zero-order valence-electron chi connectivity index (χ0n) is 21.6. The number of likely N-dealkylation sites (tertiary alicyclic amines) is 1. The highest BCUT2D eigenvalue weighted by Crippen LogP contribution is 2.30. The molecule has 0 aromatic heterocycles. The molecule has 4 rings (SSSR count). The maximum absolute atomic E-state index is 13.2. The summed E-state index contributed by atoms with van der Waals surface area (Å²) in [6.45, 7) is 6.43. The van der Waals surface area contributed by atoms with E-state index in [1.165, 1.54) is 13.2 Å². The van der Waals surface area contributed by atoms with Crippen LogP contribution in [0.15, 0.2) is 65.6 Å². The third-order valence-electron chi connectivity index (χ3n) is 6.53. The second-order valence-electron chi connectivity index (χ2n) is 9.19. The van der Waals surface area contributed by atoms with Crippen molar-refractivity contribution in [2.24, 2.45) is 0 Å². The largest absolute Gasteiger partial charge is 0.495 e. The van der Waals surface area contributed by atoms with Crippen molar-refractivity contribution >= 4 is 21.6 Å². The Balaban J connectivity index is 1.53. The first-order valence-corrected chi connectivity index (χ1v) is 13.4. The molecule has 8 nitrogen and oxygen atoms in total. The van der Waals surface area contributed by atoms with Gasteiger partial charge in [0.1, 0.15) is 28.6 Å². The number of para-hydroxylation sites is 1. The van der Waals surface area contributed by atoms with Crippen molar-refractivity contribution in [1.29, 1.82) is 0 Å². The summed E-state index contributed by atoms with van der Waals surface area (Å²) in [5.41, 5.74) is 3.72. The lowest BCUT2D eigenvalue weighted by Gasteiger charge is -2.20. The van der Waals surface area contributed by atoms with Gasteiger partial charge in [0.2, 0.25) is 0 Å². The first kappa shape index (κ1) is 26.5. The fraction of sp³-hybridized carbons (Fsp3) is 0.321. The highest BCUT2D eigenvalue weighted by atomic mass is 32.2. The van der Waals surface area contributed by atoms with Crippen LogP contribution in [0.1, 0.15) is 27.0 Å².